The van der Waals surface area contributed by atoms with Crippen molar-refractivity contribution in [3.63, 3.8) is 0 Å². The van der Waals surface area contributed by atoms with Gasteiger partial charge in [0.05, 0.1) is 24.3 Å². The minimum absolute atomic E-state index is 0.154. The summed E-state index contributed by atoms with van der Waals surface area (Å²) in [7, 11) is 2.96. The molecule has 1 aromatic rings. The van der Waals surface area contributed by atoms with E-state index in [9.17, 15) is 9.59 Å². The van der Waals surface area contributed by atoms with E-state index in [4.69, 9.17) is 14.2 Å². The van der Waals surface area contributed by atoms with E-state index < -0.39 is 11.7 Å². The lowest BCUT2D eigenvalue weighted by Gasteiger charge is -2.37. The number of amides is 1. The van der Waals surface area contributed by atoms with E-state index in [0.717, 1.165) is 29.5 Å². The Morgan fingerprint density at radius 3 is 2.50 bits per heavy atom. The Labute approximate surface area is 153 Å². The lowest BCUT2D eigenvalue weighted by Crippen LogP contribution is -2.49. The summed E-state index contributed by atoms with van der Waals surface area (Å²) >= 11 is 0. The second-order valence-corrected chi connectivity index (χ2v) is 7.05. The van der Waals surface area contributed by atoms with Gasteiger partial charge in [-0.15, -0.1) is 0 Å². The second kappa shape index (κ2) is 7.11. The maximum atomic E-state index is 12.9. The Hall–Kier alpha value is -2.34. The molecule has 1 aliphatic heterocycles. The lowest BCUT2D eigenvalue weighted by atomic mass is 9.79. The van der Waals surface area contributed by atoms with E-state index >= 15 is 0 Å². The number of nitrogens with one attached hydrogen (secondary N) is 1. The third-order valence-electron chi connectivity index (χ3n) is 5.38. The zero-order chi connectivity index (χ0) is 18.9. The van der Waals surface area contributed by atoms with Gasteiger partial charge in [0, 0.05) is 7.11 Å². The number of hydrogen-bond donors (Lipinski definition) is 1. The summed E-state index contributed by atoms with van der Waals surface area (Å²) in [6, 6.07) is 5.91. The van der Waals surface area contributed by atoms with E-state index in [-0.39, 0.29) is 12.0 Å². The molecule has 0 radical (unpaired) electrons. The van der Waals surface area contributed by atoms with Crippen LogP contribution in [0, 0.1) is 13.8 Å². The summed E-state index contributed by atoms with van der Waals surface area (Å²) in [5.41, 5.74) is 2.51. The van der Waals surface area contributed by atoms with E-state index in [1.165, 1.54) is 7.11 Å². The van der Waals surface area contributed by atoms with Crippen molar-refractivity contribution < 1.29 is 23.8 Å². The van der Waals surface area contributed by atoms with E-state index in [0.29, 0.717) is 24.2 Å². The highest BCUT2D eigenvalue weighted by molar-refractivity contribution is 6.23. The van der Waals surface area contributed by atoms with Gasteiger partial charge in [0.15, 0.2) is 0 Å². The summed E-state index contributed by atoms with van der Waals surface area (Å²) in [6.45, 7) is 3.91. The molecule has 3 rings (SSSR count). The van der Waals surface area contributed by atoms with Crippen LogP contribution < -0.4 is 5.32 Å². The zero-order valence-corrected chi connectivity index (χ0v) is 15.7. The Balaban J connectivity index is 2.10. The Kier molecular flexibility index (Phi) is 5.05. The van der Waals surface area contributed by atoms with Crippen LogP contribution in [0.3, 0.4) is 0 Å². The summed E-state index contributed by atoms with van der Waals surface area (Å²) in [5, 5.41) is 3.09. The average Bonchev–Trinajstić information content (AvgIpc) is 2.89. The molecule has 0 unspecified atom stereocenters. The zero-order valence-electron chi connectivity index (χ0n) is 15.7. The van der Waals surface area contributed by atoms with Crippen LogP contribution in [0.2, 0.25) is 0 Å². The van der Waals surface area contributed by atoms with Crippen molar-refractivity contribution in [3.05, 3.63) is 40.6 Å². The predicted octanol–water partition coefficient (Wildman–Crippen LogP) is 3.26. The Bertz CT molecular complexity index is 759. The lowest BCUT2D eigenvalue weighted by molar-refractivity contribution is -0.116. The predicted molar refractivity (Wildman–Crippen MR) is 96.5 cm³/mol. The first-order chi connectivity index (χ1) is 12.4. The quantitative estimate of drug-likeness (QED) is 0.839. The molecule has 1 amide bonds. The molecule has 26 heavy (non-hydrogen) atoms. The third-order valence-corrected chi connectivity index (χ3v) is 5.38. The number of methoxy groups -OCH3 is 2. The summed E-state index contributed by atoms with van der Waals surface area (Å²) < 4.78 is 15.7. The molecule has 1 spiro atoms. The fourth-order valence-corrected chi connectivity index (χ4v) is 3.87. The molecular weight excluding hydrogens is 334 g/mol. The summed E-state index contributed by atoms with van der Waals surface area (Å²) in [4.78, 5) is 24.8. The second-order valence-electron chi connectivity index (χ2n) is 7.05. The molecular formula is C20H25NO5. The van der Waals surface area contributed by atoms with Crippen molar-refractivity contribution in [2.45, 2.75) is 51.2 Å². The van der Waals surface area contributed by atoms with Gasteiger partial charge in [-0.2, -0.15) is 0 Å². The molecule has 1 N–H and O–H groups in total. The highest BCUT2D eigenvalue weighted by atomic mass is 16.7. The van der Waals surface area contributed by atoms with Gasteiger partial charge in [-0.3, -0.25) is 4.79 Å². The molecule has 140 valence electrons. The molecule has 1 heterocycles. The first-order valence-corrected chi connectivity index (χ1v) is 8.83. The molecule has 6 nitrogen and oxygen atoms in total. The third kappa shape index (κ3) is 3.21. The van der Waals surface area contributed by atoms with Crippen LogP contribution in [0.1, 0.15) is 42.4 Å². The van der Waals surface area contributed by atoms with Crippen LogP contribution in [0.5, 0.6) is 0 Å². The molecule has 0 bridgehead atoms. The Morgan fingerprint density at radius 2 is 1.88 bits per heavy atom. The topological polar surface area (TPSA) is 73.9 Å². The van der Waals surface area contributed by atoms with Crippen LogP contribution in [-0.4, -0.2) is 37.9 Å². The summed E-state index contributed by atoms with van der Waals surface area (Å²) in [6.07, 6.45) is 2.21. The highest BCUT2D eigenvalue weighted by Gasteiger charge is 2.50. The van der Waals surface area contributed by atoms with E-state index in [1.54, 1.807) is 7.11 Å². The fourth-order valence-electron chi connectivity index (χ4n) is 3.87. The molecule has 0 saturated heterocycles. The van der Waals surface area contributed by atoms with Crippen molar-refractivity contribution in [2.75, 3.05) is 14.2 Å². The monoisotopic (exact) mass is 359 g/mol. The standard InChI is InChI=1S/C20H25NO5/c1-12-5-6-13(2)15(11-12)16-17(26-19(23)25-4)20(21-18(16)22)9-7-14(24-3)8-10-20/h5-6,11,14H,7-10H2,1-4H3,(H,21,22)/t14-,20+. The molecule has 2 aliphatic rings. The minimum atomic E-state index is -0.812. The van der Waals surface area contributed by atoms with Crippen LogP contribution >= 0.6 is 0 Å². The minimum Gasteiger partial charge on any atom is -0.437 e. The first kappa shape index (κ1) is 18.5. The number of carbonyl (C=O) groups excluding carboxylic acids is 2. The van der Waals surface area contributed by atoms with Crippen molar-refractivity contribution in [1.29, 1.82) is 0 Å². The first-order valence-electron chi connectivity index (χ1n) is 8.83. The van der Waals surface area contributed by atoms with Crippen LogP contribution in [0.4, 0.5) is 4.79 Å². The number of rotatable bonds is 3. The molecule has 1 aliphatic carbocycles. The molecule has 0 aromatic heterocycles. The van der Waals surface area contributed by atoms with Crippen molar-refractivity contribution in [1.82, 2.24) is 5.32 Å². The van der Waals surface area contributed by atoms with Crippen LogP contribution in [0.25, 0.3) is 5.57 Å². The molecule has 6 heteroatoms. The highest BCUT2D eigenvalue weighted by Crippen LogP contribution is 2.44. The largest absolute Gasteiger partial charge is 0.513 e. The number of benzene rings is 1. The van der Waals surface area contributed by atoms with Crippen molar-refractivity contribution in [2.24, 2.45) is 0 Å². The number of carbonyl (C=O) groups is 2. The van der Waals surface area contributed by atoms with Gasteiger partial charge in [0.2, 0.25) is 0 Å². The molecule has 1 saturated carbocycles. The number of hydrogen-bond acceptors (Lipinski definition) is 5. The SMILES string of the molecule is COC(=O)OC1=C(c2cc(C)ccc2C)C(=O)N[C@]12CC[C@@H](OC)CC2. The maximum absolute atomic E-state index is 12.9. The summed E-state index contributed by atoms with van der Waals surface area (Å²) in [5.74, 6) is 0.158. The molecule has 0 atom stereocenters. The normalized spacial score (nSPS) is 25.4. The van der Waals surface area contributed by atoms with Gasteiger partial charge >= 0.3 is 6.16 Å². The van der Waals surface area contributed by atoms with Gasteiger partial charge in [0.1, 0.15) is 5.76 Å². The van der Waals surface area contributed by atoms with Crippen LogP contribution in [-0.2, 0) is 19.0 Å². The maximum Gasteiger partial charge on any atom is 0.513 e. The fraction of sp³-hybridized carbons (Fsp3) is 0.500. The van der Waals surface area contributed by atoms with Gasteiger partial charge in [-0.05, 0) is 50.7 Å². The number of aryl methyl sites for hydroxylation is 2. The van der Waals surface area contributed by atoms with Gasteiger partial charge in [-0.25, -0.2) is 4.79 Å². The smallest absolute Gasteiger partial charge is 0.437 e. The van der Waals surface area contributed by atoms with E-state index in [1.807, 2.05) is 32.0 Å². The van der Waals surface area contributed by atoms with Crippen molar-refractivity contribution in [3.8, 4) is 0 Å². The number of ether oxygens (including phenoxy) is 3. The Morgan fingerprint density at radius 1 is 1.19 bits per heavy atom. The van der Waals surface area contributed by atoms with Crippen LogP contribution in [0.15, 0.2) is 24.0 Å². The van der Waals surface area contributed by atoms with Gasteiger partial charge in [0.25, 0.3) is 5.91 Å². The molecule has 1 aromatic carbocycles. The average molecular weight is 359 g/mol. The van der Waals surface area contributed by atoms with Gasteiger partial charge in [-0.1, -0.05) is 23.8 Å². The van der Waals surface area contributed by atoms with E-state index in [2.05, 4.69) is 5.32 Å². The van der Waals surface area contributed by atoms with Crippen molar-refractivity contribution >= 4 is 17.6 Å². The molecule has 1 fully saturated rings. The van der Waals surface area contributed by atoms with Gasteiger partial charge < -0.3 is 19.5 Å².